The fourth-order valence-electron chi connectivity index (χ4n) is 4.49. The molecule has 2 fully saturated rings. The van der Waals surface area contributed by atoms with Crippen LogP contribution in [0.3, 0.4) is 0 Å². The fraction of sp³-hybridized carbons (Fsp3) is 0.765. The van der Waals surface area contributed by atoms with Crippen molar-refractivity contribution in [2.75, 3.05) is 13.1 Å². The van der Waals surface area contributed by atoms with Gasteiger partial charge in [0.15, 0.2) is 0 Å². The Morgan fingerprint density at radius 3 is 2.19 bits per heavy atom. The van der Waals surface area contributed by atoms with Gasteiger partial charge in [-0.15, -0.1) is 0 Å². The summed E-state index contributed by atoms with van der Waals surface area (Å²) in [6.07, 6.45) is 7.01. The number of carbonyl (C=O) groups excluding carboxylic acids is 1. The second-order valence-electron chi connectivity index (χ2n) is 7.24. The predicted octanol–water partition coefficient (Wildman–Crippen LogP) is 2.40. The van der Waals surface area contributed by atoms with Crippen LogP contribution < -0.4 is 0 Å². The molecule has 4 atom stereocenters. The van der Waals surface area contributed by atoms with Crippen molar-refractivity contribution in [2.45, 2.75) is 33.1 Å². The number of hydrogen-bond donors (Lipinski definition) is 1. The molecule has 21 heavy (non-hydrogen) atoms. The van der Waals surface area contributed by atoms with Gasteiger partial charge in [-0.25, -0.2) is 0 Å². The Morgan fingerprint density at radius 2 is 1.67 bits per heavy atom. The van der Waals surface area contributed by atoms with Crippen LogP contribution in [0.4, 0.5) is 0 Å². The SMILES string of the molecule is CC(C)C1CCN(C(=O)C2C3C=CC(C3)C2C(=O)O)CC1. The van der Waals surface area contributed by atoms with Crippen LogP contribution in [0.15, 0.2) is 12.2 Å². The standard InChI is InChI=1S/C17H25NO3/c1-10(2)11-5-7-18(8-6-11)16(19)14-12-3-4-13(9-12)15(14)17(20)21/h3-4,10-15H,5-9H2,1-2H3,(H,20,21). The van der Waals surface area contributed by atoms with E-state index in [1.54, 1.807) is 0 Å². The van der Waals surface area contributed by atoms with E-state index in [1.165, 1.54) is 0 Å². The first-order chi connectivity index (χ1) is 9.99. The van der Waals surface area contributed by atoms with E-state index in [0.717, 1.165) is 32.4 Å². The molecule has 4 unspecified atom stereocenters. The van der Waals surface area contributed by atoms with Gasteiger partial charge >= 0.3 is 5.97 Å². The number of carboxylic acid groups (broad SMARTS) is 1. The number of piperidine rings is 1. The zero-order chi connectivity index (χ0) is 15.1. The normalized spacial score (nSPS) is 35.7. The van der Waals surface area contributed by atoms with Gasteiger partial charge in [-0.2, -0.15) is 0 Å². The van der Waals surface area contributed by atoms with Crippen LogP contribution in [0.5, 0.6) is 0 Å². The van der Waals surface area contributed by atoms with Gasteiger partial charge in [-0.3, -0.25) is 9.59 Å². The Morgan fingerprint density at radius 1 is 1.10 bits per heavy atom. The Balaban J connectivity index is 1.68. The van der Waals surface area contributed by atoms with Gasteiger partial charge in [0.05, 0.1) is 11.8 Å². The van der Waals surface area contributed by atoms with Crippen molar-refractivity contribution in [1.82, 2.24) is 4.90 Å². The average Bonchev–Trinajstić information content (AvgIpc) is 3.07. The Bertz CT molecular complexity index is 463. The predicted molar refractivity (Wildman–Crippen MR) is 79.5 cm³/mol. The number of amides is 1. The summed E-state index contributed by atoms with van der Waals surface area (Å²) in [4.78, 5) is 26.3. The average molecular weight is 291 g/mol. The minimum Gasteiger partial charge on any atom is -0.481 e. The van der Waals surface area contributed by atoms with Crippen molar-refractivity contribution in [3.8, 4) is 0 Å². The lowest BCUT2D eigenvalue weighted by atomic mass is 9.81. The van der Waals surface area contributed by atoms with Crippen molar-refractivity contribution >= 4 is 11.9 Å². The first-order valence-electron chi connectivity index (χ1n) is 8.19. The van der Waals surface area contributed by atoms with E-state index in [9.17, 15) is 14.7 Å². The third-order valence-electron chi connectivity index (χ3n) is 5.82. The zero-order valence-corrected chi connectivity index (χ0v) is 12.9. The van der Waals surface area contributed by atoms with Gasteiger partial charge < -0.3 is 10.0 Å². The van der Waals surface area contributed by atoms with Crippen LogP contribution in [-0.4, -0.2) is 35.0 Å². The number of rotatable bonds is 3. The molecule has 0 spiro atoms. The van der Waals surface area contributed by atoms with Crippen molar-refractivity contribution in [3.05, 3.63) is 12.2 Å². The number of hydrogen-bond acceptors (Lipinski definition) is 2. The lowest BCUT2D eigenvalue weighted by Gasteiger charge is -2.37. The second kappa shape index (κ2) is 5.47. The number of fused-ring (bicyclic) bond motifs is 2. The van der Waals surface area contributed by atoms with E-state index < -0.39 is 11.9 Å². The molecule has 1 amide bonds. The van der Waals surface area contributed by atoms with E-state index in [-0.39, 0.29) is 23.7 Å². The van der Waals surface area contributed by atoms with Gasteiger partial charge in [0.25, 0.3) is 0 Å². The summed E-state index contributed by atoms with van der Waals surface area (Å²) in [5.41, 5.74) is 0. The van der Waals surface area contributed by atoms with E-state index >= 15 is 0 Å². The number of allylic oxidation sites excluding steroid dienone is 2. The first kappa shape index (κ1) is 14.6. The molecule has 0 aromatic heterocycles. The summed E-state index contributed by atoms with van der Waals surface area (Å²) in [7, 11) is 0. The van der Waals surface area contributed by atoms with E-state index in [4.69, 9.17) is 0 Å². The summed E-state index contributed by atoms with van der Waals surface area (Å²) in [6, 6.07) is 0. The molecular weight excluding hydrogens is 266 g/mol. The van der Waals surface area contributed by atoms with Crippen molar-refractivity contribution in [3.63, 3.8) is 0 Å². The molecule has 1 saturated heterocycles. The maximum atomic E-state index is 12.8. The fourth-order valence-corrected chi connectivity index (χ4v) is 4.49. The highest BCUT2D eigenvalue weighted by Crippen LogP contribution is 2.49. The number of carboxylic acids is 1. The molecular formula is C17H25NO3. The molecule has 1 aliphatic heterocycles. The monoisotopic (exact) mass is 291 g/mol. The zero-order valence-electron chi connectivity index (χ0n) is 12.9. The number of nitrogens with zero attached hydrogens (tertiary/aromatic N) is 1. The minimum atomic E-state index is -0.803. The molecule has 0 aromatic carbocycles. The maximum absolute atomic E-state index is 12.8. The Labute approximate surface area is 126 Å². The molecule has 116 valence electrons. The molecule has 3 rings (SSSR count). The Hall–Kier alpha value is -1.32. The van der Waals surface area contributed by atoms with E-state index in [2.05, 4.69) is 19.9 Å². The van der Waals surface area contributed by atoms with Gasteiger partial charge in [0.1, 0.15) is 0 Å². The lowest BCUT2D eigenvalue weighted by molar-refractivity contribution is -0.151. The number of likely N-dealkylation sites (tertiary alicyclic amines) is 1. The molecule has 2 aliphatic carbocycles. The van der Waals surface area contributed by atoms with Crippen LogP contribution >= 0.6 is 0 Å². The molecule has 1 heterocycles. The number of aliphatic carboxylic acids is 1. The highest BCUT2D eigenvalue weighted by molar-refractivity contribution is 5.87. The van der Waals surface area contributed by atoms with E-state index in [0.29, 0.717) is 11.8 Å². The first-order valence-corrected chi connectivity index (χ1v) is 8.19. The molecule has 4 nitrogen and oxygen atoms in total. The third-order valence-corrected chi connectivity index (χ3v) is 5.82. The van der Waals surface area contributed by atoms with Gasteiger partial charge in [-0.05, 0) is 42.9 Å². The summed E-state index contributed by atoms with van der Waals surface area (Å²) in [5, 5.41) is 9.46. The van der Waals surface area contributed by atoms with Crippen molar-refractivity contribution in [1.29, 1.82) is 0 Å². The lowest BCUT2D eigenvalue weighted by Crippen LogP contribution is -2.46. The van der Waals surface area contributed by atoms with Crippen LogP contribution in [0.2, 0.25) is 0 Å². The van der Waals surface area contributed by atoms with Crippen LogP contribution in [0, 0.1) is 35.5 Å². The highest BCUT2D eigenvalue weighted by atomic mass is 16.4. The summed E-state index contributed by atoms with van der Waals surface area (Å²) in [5.74, 6) is 0.0249. The summed E-state index contributed by atoms with van der Waals surface area (Å²) < 4.78 is 0. The second-order valence-corrected chi connectivity index (χ2v) is 7.24. The molecule has 0 aromatic rings. The van der Waals surface area contributed by atoms with Crippen LogP contribution in [0.1, 0.15) is 33.1 Å². The van der Waals surface area contributed by atoms with Gasteiger partial charge in [0, 0.05) is 13.1 Å². The van der Waals surface area contributed by atoms with Crippen LogP contribution in [-0.2, 0) is 9.59 Å². The van der Waals surface area contributed by atoms with Gasteiger partial charge in [-0.1, -0.05) is 26.0 Å². The molecule has 1 N–H and O–H groups in total. The van der Waals surface area contributed by atoms with E-state index in [1.807, 2.05) is 11.0 Å². The molecule has 0 radical (unpaired) electrons. The van der Waals surface area contributed by atoms with Crippen LogP contribution in [0.25, 0.3) is 0 Å². The molecule has 4 heteroatoms. The quantitative estimate of drug-likeness (QED) is 0.812. The summed E-state index contributed by atoms with van der Waals surface area (Å²) >= 11 is 0. The summed E-state index contributed by atoms with van der Waals surface area (Å²) in [6.45, 7) is 6.07. The molecule has 1 saturated carbocycles. The van der Waals surface area contributed by atoms with Gasteiger partial charge in [0.2, 0.25) is 5.91 Å². The number of carbonyl (C=O) groups is 2. The molecule has 3 aliphatic rings. The van der Waals surface area contributed by atoms with Crippen molar-refractivity contribution < 1.29 is 14.7 Å². The smallest absolute Gasteiger partial charge is 0.307 e. The Kier molecular flexibility index (Phi) is 3.80. The largest absolute Gasteiger partial charge is 0.481 e. The topological polar surface area (TPSA) is 57.6 Å². The molecule has 2 bridgehead atoms. The minimum absolute atomic E-state index is 0.0645. The maximum Gasteiger partial charge on any atom is 0.307 e. The van der Waals surface area contributed by atoms with Crippen molar-refractivity contribution in [2.24, 2.45) is 35.5 Å². The third kappa shape index (κ3) is 2.49. The highest BCUT2D eigenvalue weighted by Gasteiger charge is 2.52.